The van der Waals surface area contributed by atoms with E-state index in [2.05, 4.69) is 20.8 Å². The molecule has 1 aliphatic rings. The number of benzene rings is 3. The van der Waals surface area contributed by atoms with E-state index in [1.807, 2.05) is 42.5 Å². The third-order valence-corrected chi connectivity index (χ3v) is 8.37. The maximum atomic E-state index is 15.0. The summed E-state index contributed by atoms with van der Waals surface area (Å²) in [5.41, 5.74) is 3.82. The fourth-order valence-corrected chi connectivity index (χ4v) is 6.58. The van der Waals surface area contributed by atoms with Crippen molar-refractivity contribution in [3.63, 3.8) is 0 Å². The summed E-state index contributed by atoms with van der Waals surface area (Å²) in [5.74, 6) is 1.49. The van der Waals surface area contributed by atoms with Gasteiger partial charge in [0.1, 0.15) is 23.9 Å². The van der Waals surface area contributed by atoms with Gasteiger partial charge in [0.25, 0.3) is 0 Å². The van der Waals surface area contributed by atoms with Gasteiger partial charge in [-0.1, -0.05) is 45.0 Å². The maximum Gasteiger partial charge on any atom is 0.198 e. The third-order valence-electron chi connectivity index (χ3n) is 7.30. The van der Waals surface area contributed by atoms with Crippen molar-refractivity contribution in [2.24, 2.45) is 11.3 Å². The van der Waals surface area contributed by atoms with E-state index in [4.69, 9.17) is 14.2 Å². The lowest BCUT2D eigenvalue weighted by Crippen LogP contribution is -2.21. The quantitative estimate of drug-likeness (QED) is 0.242. The van der Waals surface area contributed by atoms with E-state index in [0.717, 1.165) is 35.1 Å². The Hall–Kier alpha value is -2.66. The van der Waals surface area contributed by atoms with Crippen LogP contribution in [0.25, 0.3) is 11.1 Å². The normalized spacial score (nSPS) is 16.8. The summed E-state index contributed by atoms with van der Waals surface area (Å²) in [4.78, 5) is 10.0. The van der Waals surface area contributed by atoms with Crippen LogP contribution in [0.4, 0.5) is 4.39 Å². The first kappa shape index (κ1) is 29.3. The third kappa shape index (κ3) is 7.51. The summed E-state index contributed by atoms with van der Waals surface area (Å²) < 4.78 is 44.7. The highest BCUT2D eigenvalue weighted by Gasteiger charge is 2.35. The van der Waals surface area contributed by atoms with Gasteiger partial charge >= 0.3 is 0 Å². The maximum absolute atomic E-state index is 15.0. The molecule has 4 rings (SSSR count). The van der Waals surface area contributed by atoms with Crippen molar-refractivity contribution in [2.75, 3.05) is 27.0 Å². The summed E-state index contributed by atoms with van der Waals surface area (Å²) in [7, 11) is 0.104. The van der Waals surface area contributed by atoms with Crippen LogP contribution in [-0.2, 0) is 15.9 Å². The lowest BCUT2D eigenvalue weighted by Gasteiger charge is -2.32. The van der Waals surface area contributed by atoms with Crippen molar-refractivity contribution in [3.8, 4) is 22.6 Å². The highest BCUT2D eigenvalue weighted by atomic mass is 31.2. The molecule has 3 aromatic rings. The molecule has 0 spiro atoms. The Bertz CT molecular complexity index is 1340. The van der Waals surface area contributed by atoms with Crippen LogP contribution in [0.5, 0.6) is 11.5 Å². The Kier molecular flexibility index (Phi) is 8.90. The van der Waals surface area contributed by atoms with Gasteiger partial charge in [0, 0.05) is 25.5 Å². The smallest absolute Gasteiger partial charge is 0.198 e. The molecule has 0 amide bonds. The van der Waals surface area contributed by atoms with Crippen LogP contribution in [0.15, 0.2) is 60.7 Å². The van der Waals surface area contributed by atoms with Crippen molar-refractivity contribution < 1.29 is 28.1 Å². The van der Waals surface area contributed by atoms with Crippen LogP contribution in [0.1, 0.15) is 62.3 Å². The number of halogens is 1. The second-order valence-electron chi connectivity index (χ2n) is 11.8. The molecule has 3 atom stereocenters. The van der Waals surface area contributed by atoms with Crippen LogP contribution in [0, 0.1) is 17.2 Å². The van der Waals surface area contributed by atoms with Crippen molar-refractivity contribution in [1.29, 1.82) is 0 Å². The fourth-order valence-electron chi connectivity index (χ4n) is 5.34. The Morgan fingerprint density at radius 1 is 1.00 bits per heavy atom. The molecule has 1 fully saturated rings. The van der Waals surface area contributed by atoms with E-state index in [1.165, 1.54) is 12.7 Å². The zero-order chi connectivity index (χ0) is 28.4. The highest BCUT2D eigenvalue weighted by molar-refractivity contribution is 7.57. The second kappa shape index (κ2) is 11.8. The first-order chi connectivity index (χ1) is 18.4. The second-order valence-corrected chi connectivity index (χ2v) is 14.3. The SMILES string of the molecule is COc1ccc(F)c(-c2ccc(COc3cccc(C(CP(C)(=O)O)C4CC4)c3)cc2[C@@H](OC)C(C)(C)C)c1. The van der Waals surface area contributed by atoms with Crippen molar-refractivity contribution >= 4 is 7.37 Å². The molecule has 1 saturated carbocycles. The van der Waals surface area contributed by atoms with Crippen LogP contribution < -0.4 is 9.47 Å². The monoisotopic (exact) mass is 554 g/mol. The molecule has 7 heteroatoms. The van der Waals surface area contributed by atoms with Crippen molar-refractivity contribution in [2.45, 2.75) is 52.2 Å². The summed E-state index contributed by atoms with van der Waals surface area (Å²) in [5, 5.41) is 0. The van der Waals surface area contributed by atoms with Gasteiger partial charge in [0.05, 0.1) is 13.2 Å². The number of methoxy groups -OCH3 is 2. The average molecular weight is 555 g/mol. The molecule has 5 nitrogen and oxygen atoms in total. The largest absolute Gasteiger partial charge is 0.497 e. The molecular weight excluding hydrogens is 514 g/mol. The van der Waals surface area contributed by atoms with E-state index in [-0.39, 0.29) is 29.4 Å². The molecule has 0 aromatic heterocycles. The first-order valence-corrected chi connectivity index (χ1v) is 15.7. The van der Waals surface area contributed by atoms with Gasteiger partial charge in [0.2, 0.25) is 0 Å². The molecule has 210 valence electrons. The van der Waals surface area contributed by atoms with Crippen LogP contribution >= 0.6 is 7.37 Å². The summed E-state index contributed by atoms with van der Waals surface area (Å²) in [6.45, 7) is 8.04. The van der Waals surface area contributed by atoms with E-state index in [0.29, 0.717) is 29.6 Å². The lowest BCUT2D eigenvalue weighted by atomic mass is 9.81. The molecule has 2 unspecified atom stereocenters. The average Bonchev–Trinajstić information content (AvgIpc) is 3.71. The van der Waals surface area contributed by atoms with E-state index in [9.17, 15) is 9.46 Å². The number of rotatable bonds is 11. The zero-order valence-electron chi connectivity index (χ0n) is 23.7. The molecule has 0 heterocycles. The first-order valence-electron chi connectivity index (χ1n) is 13.4. The molecule has 39 heavy (non-hydrogen) atoms. The minimum Gasteiger partial charge on any atom is -0.497 e. The van der Waals surface area contributed by atoms with Crippen LogP contribution in [0.2, 0.25) is 0 Å². The van der Waals surface area contributed by atoms with Gasteiger partial charge in [-0.05, 0) is 88.7 Å². The predicted molar refractivity (Wildman–Crippen MR) is 154 cm³/mol. The Morgan fingerprint density at radius 3 is 2.36 bits per heavy atom. The van der Waals surface area contributed by atoms with Gasteiger partial charge in [-0.15, -0.1) is 0 Å². The number of ether oxygens (including phenoxy) is 3. The van der Waals surface area contributed by atoms with Gasteiger partial charge in [-0.25, -0.2) is 4.39 Å². The molecule has 1 aliphatic carbocycles. The molecule has 0 aliphatic heterocycles. The van der Waals surface area contributed by atoms with Gasteiger partial charge < -0.3 is 19.1 Å². The lowest BCUT2D eigenvalue weighted by molar-refractivity contribution is 0.0155. The van der Waals surface area contributed by atoms with Gasteiger partial charge in [-0.3, -0.25) is 4.57 Å². The minimum atomic E-state index is -3.14. The van der Waals surface area contributed by atoms with Gasteiger partial charge in [0.15, 0.2) is 7.37 Å². The van der Waals surface area contributed by atoms with E-state index in [1.54, 1.807) is 26.4 Å². The summed E-state index contributed by atoms with van der Waals surface area (Å²) in [6.07, 6.45) is 2.18. The molecule has 1 N–H and O–H groups in total. The number of hydrogen-bond acceptors (Lipinski definition) is 4. The Labute approximate surface area is 231 Å². The summed E-state index contributed by atoms with van der Waals surface area (Å²) >= 11 is 0. The summed E-state index contributed by atoms with van der Waals surface area (Å²) in [6, 6.07) is 18.5. The molecular formula is C32H40FO5P. The standard InChI is InChI=1S/C32H40FO5P/c1-32(2,3)31(37-5)28-16-21(10-14-26(28)27-18-24(36-4)13-15-30(27)33)19-38-25-9-7-8-23(17-25)29(22-11-12-22)20-39(6,34)35/h7-10,13-18,22,29,31H,11-12,19-20H2,1-6H3,(H,34,35)/t29?,31-/m1/s1. The Balaban J connectivity index is 1.64. The van der Waals surface area contributed by atoms with Gasteiger partial charge in [-0.2, -0.15) is 0 Å². The van der Waals surface area contributed by atoms with E-state index >= 15 is 4.39 Å². The molecule has 0 bridgehead atoms. The molecule has 0 saturated heterocycles. The highest BCUT2D eigenvalue weighted by Crippen LogP contribution is 2.51. The molecule has 0 radical (unpaired) electrons. The predicted octanol–water partition coefficient (Wildman–Crippen LogP) is 8.21. The topological polar surface area (TPSA) is 65.0 Å². The fraction of sp³-hybridized carbons (Fsp3) is 0.438. The van der Waals surface area contributed by atoms with Crippen LogP contribution in [0.3, 0.4) is 0 Å². The van der Waals surface area contributed by atoms with E-state index < -0.39 is 7.37 Å². The molecule has 3 aromatic carbocycles. The Morgan fingerprint density at radius 2 is 1.74 bits per heavy atom. The minimum absolute atomic E-state index is 0.0623. The van der Waals surface area contributed by atoms with Crippen LogP contribution in [-0.4, -0.2) is 31.9 Å². The number of hydrogen-bond donors (Lipinski definition) is 1. The zero-order valence-corrected chi connectivity index (χ0v) is 24.6. The van der Waals surface area contributed by atoms with Crippen molar-refractivity contribution in [3.05, 3.63) is 83.2 Å². The van der Waals surface area contributed by atoms with Crippen molar-refractivity contribution in [1.82, 2.24) is 0 Å².